The smallest absolute Gasteiger partial charge is 0.215 e. The lowest BCUT2D eigenvalue weighted by atomic mass is 10.1. The topological polar surface area (TPSA) is 71.4 Å². The third-order valence-corrected chi connectivity index (χ3v) is 6.35. The van der Waals surface area contributed by atoms with Gasteiger partial charge in [0.15, 0.2) is 0 Å². The van der Waals surface area contributed by atoms with Gasteiger partial charge in [-0.15, -0.1) is 10.2 Å². The fourth-order valence-corrected chi connectivity index (χ4v) is 4.71. The van der Waals surface area contributed by atoms with Crippen LogP contribution < -0.4 is 5.43 Å². The molecule has 3 aromatic carbocycles. The van der Waals surface area contributed by atoms with Crippen molar-refractivity contribution in [3.05, 3.63) is 108 Å². The zero-order valence-corrected chi connectivity index (χ0v) is 17.8. The second-order valence-electron chi connectivity index (χ2n) is 7.32. The van der Waals surface area contributed by atoms with Crippen molar-refractivity contribution >= 4 is 22.4 Å². The van der Waals surface area contributed by atoms with Crippen LogP contribution in [0.3, 0.4) is 0 Å². The molecule has 3 heterocycles. The van der Waals surface area contributed by atoms with Crippen molar-refractivity contribution < 1.29 is 0 Å². The highest BCUT2D eigenvalue weighted by Gasteiger charge is 2.26. The Balaban J connectivity index is 1.43. The Labute approximate surface area is 189 Å². The maximum atomic E-state index is 4.48. The number of fused-ring (bicyclic) bond motifs is 1. The van der Waals surface area contributed by atoms with Crippen molar-refractivity contribution in [2.24, 2.45) is 0 Å². The number of hydrogen-bond donors (Lipinski definition) is 2. The Bertz CT molecular complexity index is 1400. The van der Waals surface area contributed by atoms with E-state index in [-0.39, 0.29) is 0 Å². The molecule has 32 heavy (non-hydrogen) atoms. The molecule has 2 N–H and O–H groups in total. The number of aromatic amines is 1. The summed E-state index contributed by atoms with van der Waals surface area (Å²) in [5, 5.41) is 17.3. The summed E-state index contributed by atoms with van der Waals surface area (Å²) < 4.78 is 1.92. The molecule has 154 valence electrons. The Morgan fingerprint density at radius 1 is 0.688 bits per heavy atom. The van der Waals surface area contributed by atoms with Crippen molar-refractivity contribution in [3.8, 4) is 22.8 Å². The number of aromatic nitrogens is 5. The molecule has 7 heteroatoms. The second-order valence-corrected chi connectivity index (χ2v) is 8.30. The first-order valence-electron chi connectivity index (χ1n) is 10.2. The predicted octanol–water partition coefficient (Wildman–Crippen LogP) is 5.51. The van der Waals surface area contributed by atoms with Gasteiger partial charge in [0.05, 0.1) is 11.4 Å². The van der Waals surface area contributed by atoms with Crippen molar-refractivity contribution in [1.29, 1.82) is 0 Å². The molecule has 0 bridgehead atoms. The fourth-order valence-electron chi connectivity index (χ4n) is 3.70. The lowest BCUT2D eigenvalue weighted by Gasteiger charge is -2.24. The lowest BCUT2D eigenvalue weighted by molar-refractivity contribution is 0.825. The van der Waals surface area contributed by atoms with Crippen LogP contribution in [0.4, 0.5) is 0 Å². The minimum Gasteiger partial charge on any atom is -0.289 e. The standard InChI is InChI=1S/C25H18N6S/c1-4-10-17(11-5-1)20-16-21(27-26-20)24-28-29-25-31(24)30-22(18-12-6-2-7-13-18)23(32-25)19-14-8-3-9-15-19/h1-16,30H,(H,26,27). The van der Waals surface area contributed by atoms with Gasteiger partial charge in [-0.3, -0.25) is 10.5 Å². The summed E-state index contributed by atoms with van der Waals surface area (Å²) in [6.45, 7) is 0. The molecule has 1 aliphatic rings. The Morgan fingerprint density at radius 3 is 2.00 bits per heavy atom. The van der Waals surface area contributed by atoms with E-state index in [1.165, 1.54) is 0 Å². The molecular formula is C25H18N6S. The molecule has 0 spiro atoms. The predicted molar refractivity (Wildman–Crippen MR) is 128 cm³/mol. The fraction of sp³-hybridized carbons (Fsp3) is 0. The van der Waals surface area contributed by atoms with Crippen LogP contribution in [0.2, 0.25) is 0 Å². The summed E-state index contributed by atoms with van der Waals surface area (Å²) in [6, 6.07) is 32.7. The average Bonchev–Trinajstić information content (AvgIpc) is 3.52. The van der Waals surface area contributed by atoms with Gasteiger partial charge in [-0.2, -0.15) is 5.10 Å². The number of rotatable bonds is 4. The minimum absolute atomic E-state index is 0.683. The summed E-state index contributed by atoms with van der Waals surface area (Å²) in [6.07, 6.45) is 0. The van der Waals surface area contributed by atoms with Gasteiger partial charge < -0.3 is 0 Å². The Morgan fingerprint density at radius 2 is 1.31 bits per heavy atom. The summed E-state index contributed by atoms with van der Waals surface area (Å²) >= 11 is 1.60. The van der Waals surface area contributed by atoms with Gasteiger partial charge in [0.25, 0.3) is 0 Å². The first-order chi connectivity index (χ1) is 15.9. The zero-order valence-electron chi connectivity index (χ0n) is 16.9. The molecule has 0 unspecified atom stereocenters. The zero-order chi connectivity index (χ0) is 21.3. The van der Waals surface area contributed by atoms with E-state index < -0.39 is 0 Å². The molecular weight excluding hydrogens is 416 g/mol. The largest absolute Gasteiger partial charge is 0.289 e. The quantitative estimate of drug-likeness (QED) is 0.390. The first-order valence-corrected chi connectivity index (χ1v) is 11.0. The number of thioether (sulfide) groups is 1. The normalized spacial score (nSPS) is 13.0. The second kappa shape index (κ2) is 7.86. The van der Waals surface area contributed by atoms with Gasteiger partial charge in [0.2, 0.25) is 11.0 Å². The molecule has 0 saturated heterocycles. The highest BCUT2D eigenvalue weighted by atomic mass is 32.2. The average molecular weight is 435 g/mol. The van der Waals surface area contributed by atoms with Gasteiger partial charge in [0.1, 0.15) is 5.69 Å². The Kier molecular flexibility index (Phi) is 4.58. The maximum Gasteiger partial charge on any atom is 0.215 e. The summed E-state index contributed by atoms with van der Waals surface area (Å²) in [5.41, 5.74) is 9.51. The van der Waals surface area contributed by atoms with E-state index in [4.69, 9.17) is 0 Å². The van der Waals surface area contributed by atoms with E-state index in [2.05, 4.69) is 50.1 Å². The summed E-state index contributed by atoms with van der Waals surface area (Å²) in [4.78, 5) is 1.11. The molecule has 0 fully saturated rings. The molecule has 0 amide bonds. The lowest BCUT2D eigenvalue weighted by Crippen LogP contribution is -2.20. The van der Waals surface area contributed by atoms with Crippen LogP contribution in [-0.4, -0.2) is 25.1 Å². The SMILES string of the molecule is c1ccc(C2=C(c3ccccc3)Sc3nnc(-c4cc(-c5ccccc5)n[nH]4)n3N2)cc1. The number of benzene rings is 3. The van der Waals surface area contributed by atoms with Crippen LogP contribution in [0.25, 0.3) is 33.4 Å². The monoisotopic (exact) mass is 434 g/mol. The molecule has 1 aliphatic heterocycles. The number of nitrogens with zero attached hydrogens (tertiary/aromatic N) is 4. The van der Waals surface area contributed by atoms with Crippen molar-refractivity contribution in [3.63, 3.8) is 0 Å². The molecule has 5 aromatic rings. The van der Waals surface area contributed by atoms with Gasteiger partial charge in [-0.05, 0) is 23.4 Å². The Hall–Kier alpha value is -4.10. The van der Waals surface area contributed by atoms with Crippen LogP contribution in [0, 0.1) is 0 Å². The molecule has 0 aliphatic carbocycles. The molecule has 0 atom stereocenters. The number of nitrogens with one attached hydrogen (secondary N) is 2. The van der Waals surface area contributed by atoms with E-state index in [0.717, 1.165) is 43.8 Å². The van der Waals surface area contributed by atoms with Crippen molar-refractivity contribution in [2.45, 2.75) is 5.16 Å². The first kappa shape index (κ1) is 18.7. The van der Waals surface area contributed by atoms with E-state index in [1.54, 1.807) is 11.8 Å². The number of hydrogen-bond acceptors (Lipinski definition) is 5. The van der Waals surface area contributed by atoms with Crippen LogP contribution in [0.15, 0.2) is 102 Å². The highest BCUT2D eigenvalue weighted by Crippen LogP contribution is 2.42. The minimum atomic E-state index is 0.683. The third kappa shape index (κ3) is 3.29. The molecule has 6 nitrogen and oxygen atoms in total. The van der Waals surface area contributed by atoms with Gasteiger partial charge >= 0.3 is 0 Å². The van der Waals surface area contributed by atoms with E-state index >= 15 is 0 Å². The van der Waals surface area contributed by atoms with Crippen LogP contribution in [0.5, 0.6) is 0 Å². The van der Waals surface area contributed by atoms with Crippen molar-refractivity contribution in [1.82, 2.24) is 25.1 Å². The third-order valence-electron chi connectivity index (χ3n) is 5.26. The van der Waals surface area contributed by atoms with E-state index in [0.29, 0.717) is 5.82 Å². The van der Waals surface area contributed by atoms with Gasteiger partial charge in [0, 0.05) is 16.0 Å². The van der Waals surface area contributed by atoms with Crippen molar-refractivity contribution in [2.75, 3.05) is 5.43 Å². The molecule has 0 radical (unpaired) electrons. The van der Waals surface area contributed by atoms with Gasteiger partial charge in [-0.1, -0.05) is 91.0 Å². The van der Waals surface area contributed by atoms with Crippen LogP contribution >= 0.6 is 11.8 Å². The molecule has 0 saturated carbocycles. The van der Waals surface area contributed by atoms with Crippen LogP contribution in [0.1, 0.15) is 11.1 Å². The maximum absolute atomic E-state index is 4.48. The van der Waals surface area contributed by atoms with Crippen LogP contribution in [-0.2, 0) is 0 Å². The summed E-state index contributed by atoms with van der Waals surface area (Å²) in [5.74, 6) is 0.683. The van der Waals surface area contributed by atoms with E-state index in [9.17, 15) is 0 Å². The van der Waals surface area contributed by atoms with Gasteiger partial charge in [-0.25, -0.2) is 4.68 Å². The van der Waals surface area contributed by atoms with E-state index in [1.807, 2.05) is 77.5 Å². The highest BCUT2D eigenvalue weighted by molar-refractivity contribution is 8.08. The molecule has 2 aromatic heterocycles. The number of H-pyrrole nitrogens is 1. The summed E-state index contributed by atoms with van der Waals surface area (Å²) in [7, 11) is 0. The molecule has 6 rings (SSSR count).